The average molecular weight is 430 g/mol. The minimum atomic E-state index is -3.57. The molecule has 2 aromatic carbocycles. The first-order valence-electron chi connectivity index (χ1n) is 9.70. The molecular formula is C21H23N3O3S2. The molecule has 1 fully saturated rings. The molecule has 0 spiro atoms. The fourth-order valence-electron chi connectivity index (χ4n) is 3.49. The van der Waals surface area contributed by atoms with E-state index in [1.165, 1.54) is 27.3 Å². The standard InChI is InChI=1S/C21H23N3O3S2/c1-3-15-7-9-18-19(12-15)28-21(22-18)23-20(25)17-13-16(8-6-14(17)2)29(26,27)24-10-4-5-11-24/h6-9,12-13H,3-5,10-11H2,1-2H3,(H,22,23,25). The van der Waals surface area contributed by atoms with Crippen LogP contribution < -0.4 is 5.32 Å². The number of benzene rings is 2. The van der Waals surface area contributed by atoms with E-state index in [9.17, 15) is 13.2 Å². The van der Waals surface area contributed by atoms with Gasteiger partial charge in [0.05, 0.1) is 15.1 Å². The van der Waals surface area contributed by atoms with Gasteiger partial charge in [-0.05, 0) is 61.6 Å². The van der Waals surface area contributed by atoms with E-state index in [2.05, 4.69) is 23.3 Å². The zero-order valence-electron chi connectivity index (χ0n) is 16.4. The van der Waals surface area contributed by atoms with E-state index in [-0.39, 0.29) is 10.8 Å². The van der Waals surface area contributed by atoms with Gasteiger partial charge >= 0.3 is 0 Å². The number of nitrogens with one attached hydrogen (secondary N) is 1. The topological polar surface area (TPSA) is 79.4 Å². The van der Waals surface area contributed by atoms with E-state index in [1.807, 2.05) is 12.1 Å². The number of hydrogen-bond acceptors (Lipinski definition) is 5. The molecule has 3 aromatic rings. The highest BCUT2D eigenvalue weighted by Gasteiger charge is 2.28. The Morgan fingerprint density at radius 1 is 1.17 bits per heavy atom. The molecule has 4 rings (SSSR count). The number of anilines is 1. The van der Waals surface area contributed by atoms with E-state index < -0.39 is 10.0 Å². The van der Waals surface area contributed by atoms with Gasteiger partial charge in [-0.25, -0.2) is 13.4 Å². The highest BCUT2D eigenvalue weighted by atomic mass is 32.2. The largest absolute Gasteiger partial charge is 0.298 e. The molecule has 1 N–H and O–H groups in total. The van der Waals surface area contributed by atoms with Crippen LogP contribution in [-0.2, 0) is 16.4 Å². The summed E-state index contributed by atoms with van der Waals surface area (Å²) in [5.41, 5.74) is 3.12. The summed E-state index contributed by atoms with van der Waals surface area (Å²) in [6, 6.07) is 10.8. The first kappa shape index (κ1) is 20.0. The number of aromatic nitrogens is 1. The van der Waals surface area contributed by atoms with E-state index in [0.717, 1.165) is 35.0 Å². The maximum absolute atomic E-state index is 12.9. The Hall–Kier alpha value is -2.29. The Balaban J connectivity index is 1.61. The molecular weight excluding hydrogens is 406 g/mol. The normalized spacial score (nSPS) is 15.1. The number of sulfonamides is 1. The molecule has 0 radical (unpaired) electrons. The van der Waals surface area contributed by atoms with Crippen molar-refractivity contribution in [1.29, 1.82) is 0 Å². The van der Waals surface area contributed by atoms with Crippen molar-refractivity contribution in [3.63, 3.8) is 0 Å². The Kier molecular flexibility index (Phi) is 5.42. The van der Waals surface area contributed by atoms with Gasteiger partial charge in [0.25, 0.3) is 5.91 Å². The lowest BCUT2D eigenvalue weighted by Crippen LogP contribution is -2.28. The van der Waals surface area contributed by atoms with Crippen LogP contribution in [0.25, 0.3) is 10.2 Å². The van der Waals surface area contributed by atoms with E-state index in [1.54, 1.807) is 19.1 Å². The third-order valence-electron chi connectivity index (χ3n) is 5.24. The third kappa shape index (κ3) is 3.92. The van der Waals surface area contributed by atoms with Gasteiger partial charge in [0, 0.05) is 18.7 Å². The molecule has 0 bridgehead atoms. The molecule has 6 nitrogen and oxygen atoms in total. The monoisotopic (exact) mass is 429 g/mol. The maximum atomic E-state index is 12.9. The van der Waals surface area contributed by atoms with Crippen LogP contribution in [0.2, 0.25) is 0 Å². The highest BCUT2D eigenvalue weighted by Crippen LogP contribution is 2.28. The Morgan fingerprint density at radius 3 is 2.66 bits per heavy atom. The van der Waals surface area contributed by atoms with E-state index in [4.69, 9.17) is 0 Å². The first-order chi connectivity index (χ1) is 13.9. The molecule has 29 heavy (non-hydrogen) atoms. The number of thiazole rings is 1. The van der Waals surface area contributed by atoms with E-state index in [0.29, 0.717) is 23.8 Å². The minimum Gasteiger partial charge on any atom is -0.298 e. The Morgan fingerprint density at radius 2 is 1.93 bits per heavy atom. The predicted octanol–water partition coefficient (Wildman–Crippen LogP) is 4.20. The molecule has 1 aliphatic heterocycles. The lowest BCUT2D eigenvalue weighted by Gasteiger charge is -2.16. The lowest BCUT2D eigenvalue weighted by atomic mass is 10.1. The van der Waals surface area contributed by atoms with Gasteiger partial charge in [-0.1, -0.05) is 30.4 Å². The van der Waals surface area contributed by atoms with Gasteiger partial charge in [0.15, 0.2) is 5.13 Å². The molecule has 1 amide bonds. The molecule has 0 unspecified atom stereocenters. The van der Waals surface area contributed by atoms with Crippen LogP contribution in [0.15, 0.2) is 41.3 Å². The molecule has 152 valence electrons. The van der Waals surface area contributed by atoms with Crippen molar-refractivity contribution in [1.82, 2.24) is 9.29 Å². The van der Waals surface area contributed by atoms with Crippen LogP contribution in [0.5, 0.6) is 0 Å². The van der Waals surface area contributed by atoms with Crippen LogP contribution in [0.3, 0.4) is 0 Å². The zero-order chi connectivity index (χ0) is 20.6. The summed E-state index contributed by atoms with van der Waals surface area (Å²) >= 11 is 1.42. The number of fused-ring (bicyclic) bond motifs is 1. The summed E-state index contributed by atoms with van der Waals surface area (Å²) in [6.07, 6.45) is 2.68. The number of rotatable bonds is 5. The lowest BCUT2D eigenvalue weighted by molar-refractivity contribution is 0.102. The minimum absolute atomic E-state index is 0.159. The van der Waals surface area contributed by atoms with Crippen molar-refractivity contribution < 1.29 is 13.2 Å². The zero-order valence-corrected chi connectivity index (χ0v) is 18.1. The number of amides is 1. The summed E-state index contributed by atoms with van der Waals surface area (Å²) in [4.78, 5) is 17.5. The van der Waals surface area contributed by atoms with Gasteiger partial charge in [0.2, 0.25) is 10.0 Å². The molecule has 1 saturated heterocycles. The summed E-state index contributed by atoms with van der Waals surface area (Å²) in [5.74, 6) is -0.351. The Bertz CT molecular complexity index is 1180. The molecule has 1 aromatic heterocycles. The summed E-state index contributed by atoms with van der Waals surface area (Å²) < 4.78 is 28.2. The maximum Gasteiger partial charge on any atom is 0.257 e. The van der Waals surface area contributed by atoms with Gasteiger partial charge in [-0.2, -0.15) is 4.31 Å². The highest BCUT2D eigenvalue weighted by molar-refractivity contribution is 7.89. The van der Waals surface area contributed by atoms with Crippen LogP contribution in [0.1, 0.15) is 41.3 Å². The molecule has 2 heterocycles. The molecule has 8 heteroatoms. The van der Waals surface area contributed by atoms with Crippen molar-refractivity contribution in [2.75, 3.05) is 18.4 Å². The average Bonchev–Trinajstić information content (AvgIpc) is 3.37. The fraction of sp³-hybridized carbons (Fsp3) is 0.333. The predicted molar refractivity (Wildman–Crippen MR) is 116 cm³/mol. The quantitative estimate of drug-likeness (QED) is 0.659. The molecule has 0 saturated carbocycles. The van der Waals surface area contributed by atoms with Crippen molar-refractivity contribution in [3.8, 4) is 0 Å². The number of carbonyl (C=O) groups is 1. The smallest absolute Gasteiger partial charge is 0.257 e. The van der Waals surface area contributed by atoms with Gasteiger partial charge in [-0.15, -0.1) is 0 Å². The summed E-state index contributed by atoms with van der Waals surface area (Å²) in [7, 11) is -3.57. The molecule has 0 aliphatic carbocycles. The summed E-state index contributed by atoms with van der Waals surface area (Å²) in [5, 5.41) is 3.34. The van der Waals surface area contributed by atoms with Crippen molar-refractivity contribution in [3.05, 3.63) is 53.1 Å². The second-order valence-electron chi connectivity index (χ2n) is 7.22. The van der Waals surface area contributed by atoms with Gasteiger partial charge in [-0.3, -0.25) is 10.1 Å². The fourth-order valence-corrected chi connectivity index (χ4v) is 5.96. The van der Waals surface area contributed by atoms with Crippen LogP contribution in [0, 0.1) is 6.92 Å². The van der Waals surface area contributed by atoms with Crippen LogP contribution >= 0.6 is 11.3 Å². The van der Waals surface area contributed by atoms with Crippen molar-refractivity contribution in [2.45, 2.75) is 38.0 Å². The number of carbonyl (C=O) groups excluding carboxylic acids is 1. The second kappa shape index (κ2) is 7.85. The van der Waals surface area contributed by atoms with Crippen molar-refractivity contribution >= 4 is 42.6 Å². The van der Waals surface area contributed by atoms with Gasteiger partial charge in [0.1, 0.15) is 0 Å². The number of aryl methyl sites for hydroxylation is 2. The SMILES string of the molecule is CCc1ccc2nc(NC(=O)c3cc(S(=O)(=O)N4CCCC4)ccc3C)sc2c1. The third-order valence-corrected chi connectivity index (χ3v) is 8.07. The van der Waals surface area contributed by atoms with Crippen LogP contribution in [0.4, 0.5) is 5.13 Å². The van der Waals surface area contributed by atoms with Gasteiger partial charge < -0.3 is 0 Å². The first-order valence-corrected chi connectivity index (χ1v) is 12.0. The number of hydrogen-bond donors (Lipinski definition) is 1. The van der Waals surface area contributed by atoms with E-state index >= 15 is 0 Å². The number of nitrogens with zero attached hydrogens (tertiary/aromatic N) is 2. The van der Waals surface area contributed by atoms with Crippen LogP contribution in [-0.4, -0.2) is 36.7 Å². The summed E-state index contributed by atoms with van der Waals surface area (Å²) in [6.45, 7) is 4.95. The molecule has 0 atom stereocenters. The Labute approximate surface area is 174 Å². The second-order valence-corrected chi connectivity index (χ2v) is 10.2. The molecule has 1 aliphatic rings. The van der Waals surface area contributed by atoms with Crippen molar-refractivity contribution in [2.24, 2.45) is 0 Å².